The van der Waals surface area contributed by atoms with Crippen molar-refractivity contribution in [1.29, 1.82) is 0 Å². The maximum absolute atomic E-state index is 12.4. The summed E-state index contributed by atoms with van der Waals surface area (Å²) in [6.07, 6.45) is 0.826. The number of methoxy groups -OCH3 is 2. The van der Waals surface area contributed by atoms with Gasteiger partial charge in [0, 0.05) is 13.1 Å². The zero-order chi connectivity index (χ0) is 16.9. The van der Waals surface area contributed by atoms with Gasteiger partial charge >= 0.3 is 0 Å². The molecule has 0 saturated heterocycles. The topological polar surface area (TPSA) is 48.0 Å². The lowest BCUT2D eigenvalue weighted by molar-refractivity contribution is -0.134. The molecule has 0 spiro atoms. The molecule has 126 valence electrons. The first-order chi connectivity index (χ1) is 11.7. The van der Waals surface area contributed by atoms with Crippen LogP contribution in [0.4, 0.5) is 0 Å². The van der Waals surface area contributed by atoms with Crippen LogP contribution in [0.1, 0.15) is 11.1 Å². The van der Waals surface area contributed by atoms with Crippen molar-refractivity contribution in [2.75, 3.05) is 27.4 Å². The Morgan fingerprint density at radius 3 is 2.58 bits per heavy atom. The Morgan fingerprint density at radius 1 is 1.04 bits per heavy atom. The van der Waals surface area contributed by atoms with E-state index in [9.17, 15) is 4.79 Å². The molecule has 0 saturated carbocycles. The lowest BCUT2D eigenvalue weighted by Crippen LogP contribution is -2.38. The lowest BCUT2D eigenvalue weighted by atomic mass is 9.99. The first kappa shape index (κ1) is 16.2. The van der Waals surface area contributed by atoms with E-state index in [-0.39, 0.29) is 12.5 Å². The molecular formula is C19H21NO4. The summed E-state index contributed by atoms with van der Waals surface area (Å²) >= 11 is 0. The quantitative estimate of drug-likeness (QED) is 0.847. The zero-order valence-electron chi connectivity index (χ0n) is 14.0. The van der Waals surface area contributed by atoms with Crippen molar-refractivity contribution >= 4 is 5.91 Å². The van der Waals surface area contributed by atoms with Gasteiger partial charge in [-0.1, -0.05) is 18.2 Å². The van der Waals surface area contributed by atoms with E-state index in [1.54, 1.807) is 20.3 Å². The highest BCUT2D eigenvalue weighted by atomic mass is 16.5. The molecule has 2 aromatic rings. The van der Waals surface area contributed by atoms with Gasteiger partial charge in [0.25, 0.3) is 5.91 Å². The molecule has 1 aliphatic heterocycles. The van der Waals surface area contributed by atoms with Gasteiger partial charge in [0.1, 0.15) is 5.75 Å². The standard InChI is InChI=1S/C19H21NO4/c1-22-16-8-7-15-12-20(10-9-14(15)11-16)19(21)13-24-18-6-4-3-5-17(18)23-2/h3-8,11H,9-10,12-13H2,1-2H3. The maximum atomic E-state index is 12.4. The number of para-hydroxylation sites is 2. The summed E-state index contributed by atoms with van der Waals surface area (Å²) in [4.78, 5) is 14.3. The molecule has 2 aromatic carbocycles. The third-order valence-corrected chi connectivity index (χ3v) is 4.20. The zero-order valence-corrected chi connectivity index (χ0v) is 14.0. The first-order valence-corrected chi connectivity index (χ1v) is 7.90. The van der Waals surface area contributed by atoms with Gasteiger partial charge in [-0.05, 0) is 41.8 Å². The predicted octanol–water partition coefficient (Wildman–Crippen LogP) is 2.67. The summed E-state index contributed by atoms with van der Waals surface area (Å²) in [5, 5.41) is 0. The van der Waals surface area contributed by atoms with E-state index in [4.69, 9.17) is 14.2 Å². The molecule has 1 heterocycles. The van der Waals surface area contributed by atoms with Crippen molar-refractivity contribution in [2.45, 2.75) is 13.0 Å². The molecule has 0 radical (unpaired) electrons. The normalized spacial score (nSPS) is 13.2. The van der Waals surface area contributed by atoms with E-state index < -0.39 is 0 Å². The third-order valence-electron chi connectivity index (χ3n) is 4.20. The fourth-order valence-corrected chi connectivity index (χ4v) is 2.84. The van der Waals surface area contributed by atoms with Crippen LogP contribution >= 0.6 is 0 Å². The molecule has 0 N–H and O–H groups in total. The number of carbonyl (C=O) groups excluding carboxylic acids is 1. The highest BCUT2D eigenvalue weighted by molar-refractivity contribution is 5.78. The summed E-state index contributed by atoms with van der Waals surface area (Å²) in [5.74, 6) is 2.03. The van der Waals surface area contributed by atoms with Crippen molar-refractivity contribution in [3.8, 4) is 17.2 Å². The molecule has 0 fully saturated rings. The van der Waals surface area contributed by atoms with Gasteiger partial charge in [-0.15, -0.1) is 0 Å². The number of amides is 1. The van der Waals surface area contributed by atoms with Crippen LogP contribution in [0.3, 0.4) is 0 Å². The molecule has 1 aliphatic rings. The Kier molecular flexibility index (Phi) is 4.89. The SMILES string of the molecule is COc1ccc2c(c1)CCN(C(=O)COc1ccccc1OC)C2. The minimum absolute atomic E-state index is 0.00581. The summed E-state index contributed by atoms with van der Waals surface area (Å²) < 4.78 is 16.1. The average Bonchev–Trinajstić information content (AvgIpc) is 2.65. The van der Waals surface area contributed by atoms with Crippen LogP contribution in [0, 0.1) is 0 Å². The molecule has 3 rings (SSSR count). The highest BCUT2D eigenvalue weighted by Gasteiger charge is 2.21. The smallest absolute Gasteiger partial charge is 0.260 e. The van der Waals surface area contributed by atoms with E-state index in [0.717, 1.165) is 17.7 Å². The van der Waals surface area contributed by atoms with Crippen LogP contribution in [-0.2, 0) is 17.8 Å². The fraction of sp³-hybridized carbons (Fsp3) is 0.316. The largest absolute Gasteiger partial charge is 0.497 e. The van der Waals surface area contributed by atoms with E-state index in [1.165, 1.54) is 5.56 Å². The van der Waals surface area contributed by atoms with Crippen LogP contribution in [0.2, 0.25) is 0 Å². The summed E-state index contributed by atoms with van der Waals surface area (Å²) in [7, 11) is 3.25. The maximum Gasteiger partial charge on any atom is 0.260 e. The average molecular weight is 327 g/mol. The number of hydrogen-bond donors (Lipinski definition) is 0. The van der Waals surface area contributed by atoms with Gasteiger partial charge in [0.2, 0.25) is 0 Å². The number of hydrogen-bond acceptors (Lipinski definition) is 4. The second-order valence-corrected chi connectivity index (χ2v) is 5.64. The third kappa shape index (κ3) is 3.45. The van der Waals surface area contributed by atoms with Gasteiger partial charge < -0.3 is 19.1 Å². The molecule has 1 amide bonds. The summed E-state index contributed by atoms with van der Waals surface area (Å²) in [6.45, 7) is 1.30. The minimum Gasteiger partial charge on any atom is -0.497 e. The van der Waals surface area contributed by atoms with E-state index in [0.29, 0.717) is 24.6 Å². The van der Waals surface area contributed by atoms with Gasteiger partial charge in [0.05, 0.1) is 14.2 Å². The summed E-state index contributed by atoms with van der Waals surface area (Å²) in [5.41, 5.74) is 2.40. The van der Waals surface area contributed by atoms with Gasteiger partial charge in [-0.3, -0.25) is 4.79 Å². The van der Waals surface area contributed by atoms with Crippen molar-refractivity contribution < 1.29 is 19.0 Å². The number of benzene rings is 2. The van der Waals surface area contributed by atoms with E-state index in [1.807, 2.05) is 41.3 Å². The number of carbonyl (C=O) groups is 1. The first-order valence-electron chi connectivity index (χ1n) is 7.90. The lowest BCUT2D eigenvalue weighted by Gasteiger charge is -2.29. The minimum atomic E-state index is -0.0256. The fourth-order valence-electron chi connectivity index (χ4n) is 2.84. The number of fused-ring (bicyclic) bond motifs is 1. The Bertz CT molecular complexity index is 729. The number of rotatable bonds is 5. The van der Waals surface area contributed by atoms with Crippen LogP contribution in [0.5, 0.6) is 17.2 Å². The molecule has 0 bridgehead atoms. The Hall–Kier alpha value is -2.69. The second-order valence-electron chi connectivity index (χ2n) is 5.64. The van der Waals surface area contributed by atoms with Crippen LogP contribution < -0.4 is 14.2 Å². The second kappa shape index (κ2) is 7.25. The van der Waals surface area contributed by atoms with Crippen molar-refractivity contribution in [1.82, 2.24) is 4.90 Å². The van der Waals surface area contributed by atoms with Crippen LogP contribution in [-0.4, -0.2) is 38.2 Å². The number of ether oxygens (including phenoxy) is 3. The van der Waals surface area contributed by atoms with Gasteiger partial charge in [-0.25, -0.2) is 0 Å². The number of nitrogens with zero attached hydrogens (tertiary/aromatic N) is 1. The monoisotopic (exact) mass is 327 g/mol. The molecule has 5 nitrogen and oxygen atoms in total. The van der Waals surface area contributed by atoms with E-state index >= 15 is 0 Å². The van der Waals surface area contributed by atoms with Crippen molar-refractivity contribution in [2.24, 2.45) is 0 Å². The van der Waals surface area contributed by atoms with Crippen molar-refractivity contribution in [3.63, 3.8) is 0 Å². The van der Waals surface area contributed by atoms with Crippen LogP contribution in [0.25, 0.3) is 0 Å². The predicted molar refractivity (Wildman–Crippen MR) is 90.6 cm³/mol. The van der Waals surface area contributed by atoms with Gasteiger partial charge in [0.15, 0.2) is 18.1 Å². The molecular weight excluding hydrogens is 306 g/mol. The molecule has 0 atom stereocenters. The Balaban J connectivity index is 1.62. The molecule has 0 unspecified atom stereocenters. The van der Waals surface area contributed by atoms with E-state index in [2.05, 4.69) is 0 Å². The van der Waals surface area contributed by atoms with Crippen LogP contribution in [0.15, 0.2) is 42.5 Å². The molecule has 0 aromatic heterocycles. The van der Waals surface area contributed by atoms with Crippen molar-refractivity contribution in [3.05, 3.63) is 53.6 Å². The highest BCUT2D eigenvalue weighted by Crippen LogP contribution is 2.26. The molecule has 5 heteroatoms. The van der Waals surface area contributed by atoms with Gasteiger partial charge in [-0.2, -0.15) is 0 Å². The molecule has 24 heavy (non-hydrogen) atoms. The molecule has 0 aliphatic carbocycles. The Labute approximate surface area is 141 Å². The Morgan fingerprint density at radius 2 is 1.83 bits per heavy atom. The summed E-state index contributed by atoms with van der Waals surface area (Å²) in [6, 6.07) is 13.3.